The fourth-order valence-electron chi connectivity index (χ4n) is 6.05. The number of carbonyl (C=O) groups is 1. The standard InChI is InChI=1S/C30H27FN4O/c31-22-13-14-35(18-22)17-20-7-5-19(6-8-20)9-12-26-23-11-10-21(15-28(23)34-33-26)25-16-30(25)24-3-1-2-4-27(24)32-29(30)36/h1-12,15,22,25H,13-14,16-18H2,(H,32,36)(H,33,34)/b12-9+/t22-,25+,30?/m1/s1. The molecule has 2 aliphatic heterocycles. The van der Waals surface area contributed by atoms with Gasteiger partial charge in [-0.3, -0.25) is 14.8 Å². The predicted octanol–water partition coefficient (Wildman–Crippen LogP) is 5.65. The summed E-state index contributed by atoms with van der Waals surface area (Å²) in [7, 11) is 0. The Kier molecular flexibility index (Phi) is 4.86. The fourth-order valence-corrected chi connectivity index (χ4v) is 6.05. The maximum Gasteiger partial charge on any atom is 0.235 e. The van der Waals surface area contributed by atoms with Gasteiger partial charge in [0.25, 0.3) is 0 Å². The minimum atomic E-state index is -0.684. The topological polar surface area (TPSA) is 61.0 Å². The molecule has 3 aromatic carbocycles. The molecule has 5 nitrogen and oxygen atoms in total. The van der Waals surface area contributed by atoms with Crippen LogP contribution in [0, 0.1) is 0 Å². The molecular formula is C30H27FN4O. The van der Waals surface area contributed by atoms with Gasteiger partial charge in [-0.15, -0.1) is 0 Å². The van der Waals surface area contributed by atoms with Gasteiger partial charge >= 0.3 is 0 Å². The van der Waals surface area contributed by atoms with Crippen molar-refractivity contribution >= 4 is 34.6 Å². The second kappa shape index (κ2) is 8.14. The van der Waals surface area contributed by atoms with Crippen LogP contribution in [0.15, 0.2) is 66.7 Å². The van der Waals surface area contributed by atoms with E-state index in [1.54, 1.807) is 0 Å². The molecule has 1 amide bonds. The summed E-state index contributed by atoms with van der Waals surface area (Å²) >= 11 is 0. The van der Waals surface area contributed by atoms with Gasteiger partial charge in [0.15, 0.2) is 0 Å². The first-order chi connectivity index (χ1) is 17.6. The van der Waals surface area contributed by atoms with Gasteiger partial charge < -0.3 is 5.32 Å². The number of H-pyrrole nitrogens is 1. The molecular weight excluding hydrogens is 451 g/mol. The number of hydrogen-bond donors (Lipinski definition) is 2. The minimum absolute atomic E-state index is 0.111. The summed E-state index contributed by atoms with van der Waals surface area (Å²) < 4.78 is 13.4. The van der Waals surface area contributed by atoms with Crippen LogP contribution in [-0.2, 0) is 16.8 Å². The summed E-state index contributed by atoms with van der Waals surface area (Å²) in [6.45, 7) is 2.17. The number of likely N-dealkylation sites (tertiary alicyclic amines) is 1. The molecule has 2 fully saturated rings. The molecule has 6 heteroatoms. The van der Waals surface area contributed by atoms with Crippen molar-refractivity contribution in [3.8, 4) is 0 Å². The summed E-state index contributed by atoms with van der Waals surface area (Å²) in [5, 5.41) is 11.8. The number of fused-ring (bicyclic) bond motifs is 3. The minimum Gasteiger partial charge on any atom is -0.325 e. The second-order valence-electron chi connectivity index (χ2n) is 10.3. The summed E-state index contributed by atoms with van der Waals surface area (Å²) in [6.07, 6.45) is 4.89. The van der Waals surface area contributed by atoms with Crippen LogP contribution in [-0.4, -0.2) is 40.3 Å². The molecule has 4 aromatic rings. The number of anilines is 1. The maximum absolute atomic E-state index is 13.4. The number of carbonyl (C=O) groups excluding carboxylic acids is 1. The maximum atomic E-state index is 13.4. The van der Waals surface area contributed by atoms with Crippen molar-refractivity contribution in [2.45, 2.75) is 36.9 Å². The number of aromatic amines is 1. The molecule has 2 N–H and O–H groups in total. The fraction of sp³-hybridized carbons (Fsp3) is 0.267. The molecule has 7 rings (SSSR count). The monoisotopic (exact) mass is 478 g/mol. The lowest BCUT2D eigenvalue weighted by molar-refractivity contribution is -0.118. The normalized spacial score (nSPS) is 25.2. The molecule has 1 aliphatic carbocycles. The van der Waals surface area contributed by atoms with Gasteiger partial charge in [0, 0.05) is 36.6 Å². The third kappa shape index (κ3) is 3.47. The molecule has 1 unspecified atom stereocenters. The quantitative estimate of drug-likeness (QED) is 0.389. The van der Waals surface area contributed by atoms with Crippen LogP contribution in [0.1, 0.15) is 46.7 Å². The lowest BCUT2D eigenvalue weighted by atomic mass is 9.92. The van der Waals surface area contributed by atoms with Crippen molar-refractivity contribution in [3.63, 3.8) is 0 Å². The number of benzene rings is 3. The van der Waals surface area contributed by atoms with Gasteiger partial charge in [-0.05, 0) is 53.3 Å². The number of hydrogen-bond acceptors (Lipinski definition) is 3. The van der Waals surface area contributed by atoms with E-state index < -0.39 is 11.6 Å². The molecule has 3 heterocycles. The highest BCUT2D eigenvalue weighted by atomic mass is 19.1. The molecule has 0 bridgehead atoms. The molecule has 1 saturated heterocycles. The van der Waals surface area contributed by atoms with E-state index in [0.29, 0.717) is 13.0 Å². The van der Waals surface area contributed by atoms with Crippen molar-refractivity contribution in [2.75, 3.05) is 18.4 Å². The van der Waals surface area contributed by atoms with Crippen molar-refractivity contribution < 1.29 is 9.18 Å². The van der Waals surface area contributed by atoms with Crippen molar-refractivity contribution in [2.24, 2.45) is 0 Å². The summed E-state index contributed by atoms with van der Waals surface area (Å²) in [5.74, 6) is 0.294. The Hall–Kier alpha value is -3.77. The first kappa shape index (κ1) is 21.5. The summed E-state index contributed by atoms with van der Waals surface area (Å²) in [5.41, 5.74) is 6.97. The van der Waals surface area contributed by atoms with Gasteiger partial charge in [0.2, 0.25) is 5.91 Å². The van der Waals surface area contributed by atoms with Crippen LogP contribution in [0.25, 0.3) is 23.1 Å². The Morgan fingerprint density at radius 1 is 1.08 bits per heavy atom. The van der Waals surface area contributed by atoms with Crippen LogP contribution in [0.2, 0.25) is 0 Å². The first-order valence-electron chi connectivity index (χ1n) is 12.6. The van der Waals surface area contributed by atoms with Crippen LogP contribution < -0.4 is 5.32 Å². The molecule has 0 radical (unpaired) electrons. The smallest absolute Gasteiger partial charge is 0.235 e. The summed E-state index contributed by atoms with van der Waals surface area (Å²) in [6, 6.07) is 22.8. The van der Waals surface area contributed by atoms with Crippen molar-refractivity contribution in [3.05, 3.63) is 94.7 Å². The largest absolute Gasteiger partial charge is 0.325 e. The predicted molar refractivity (Wildman–Crippen MR) is 140 cm³/mol. The van der Waals surface area contributed by atoms with Gasteiger partial charge in [-0.1, -0.05) is 60.7 Å². The Morgan fingerprint density at radius 3 is 2.78 bits per heavy atom. The van der Waals surface area contributed by atoms with Gasteiger partial charge in [-0.2, -0.15) is 5.10 Å². The molecule has 1 saturated carbocycles. The number of nitrogens with zero attached hydrogens (tertiary/aromatic N) is 2. The number of amides is 1. The highest BCUT2D eigenvalue weighted by molar-refractivity contribution is 6.09. The highest BCUT2D eigenvalue weighted by Gasteiger charge is 2.65. The molecule has 3 aliphatic rings. The number of alkyl halides is 1. The Bertz CT molecular complexity index is 1510. The Balaban J connectivity index is 1.08. The van der Waals surface area contributed by atoms with E-state index in [1.165, 1.54) is 11.1 Å². The van der Waals surface area contributed by atoms with Crippen LogP contribution in [0.5, 0.6) is 0 Å². The number of halogens is 1. The van der Waals surface area contributed by atoms with E-state index in [2.05, 4.69) is 75.0 Å². The van der Waals surface area contributed by atoms with Gasteiger partial charge in [0.05, 0.1) is 16.6 Å². The SMILES string of the molecule is O=C1Nc2ccccc2C12C[C@H]2c1ccc2c(/C=C/c3ccc(CN4CC[C@@H](F)C4)cc3)n[nH]c2c1. The zero-order valence-electron chi connectivity index (χ0n) is 19.9. The zero-order valence-corrected chi connectivity index (χ0v) is 19.9. The summed E-state index contributed by atoms with van der Waals surface area (Å²) in [4.78, 5) is 15.0. The highest BCUT2D eigenvalue weighted by Crippen LogP contribution is 2.64. The molecule has 180 valence electrons. The number of aromatic nitrogens is 2. The first-order valence-corrected chi connectivity index (χ1v) is 12.6. The van der Waals surface area contributed by atoms with E-state index in [1.807, 2.05) is 24.3 Å². The van der Waals surface area contributed by atoms with Crippen molar-refractivity contribution in [1.82, 2.24) is 15.1 Å². The van der Waals surface area contributed by atoms with E-state index in [4.69, 9.17) is 0 Å². The average molecular weight is 479 g/mol. The van der Waals surface area contributed by atoms with Crippen LogP contribution >= 0.6 is 0 Å². The third-order valence-corrected chi connectivity index (χ3v) is 8.08. The van der Waals surface area contributed by atoms with E-state index in [0.717, 1.165) is 52.9 Å². The molecule has 1 spiro atoms. The van der Waals surface area contributed by atoms with Crippen LogP contribution in [0.3, 0.4) is 0 Å². The van der Waals surface area contributed by atoms with E-state index in [9.17, 15) is 9.18 Å². The zero-order chi connectivity index (χ0) is 24.3. The Morgan fingerprint density at radius 2 is 1.94 bits per heavy atom. The number of para-hydroxylation sites is 1. The third-order valence-electron chi connectivity index (χ3n) is 8.08. The number of rotatable bonds is 5. The average Bonchev–Trinajstić information content (AvgIpc) is 3.14. The van der Waals surface area contributed by atoms with Crippen molar-refractivity contribution in [1.29, 1.82) is 0 Å². The second-order valence-corrected chi connectivity index (χ2v) is 10.3. The Labute approximate surface area is 209 Å². The lowest BCUT2D eigenvalue weighted by Crippen LogP contribution is -2.20. The van der Waals surface area contributed by atoms with E-state index >= 15 is 0 Å². The van der Waals surface area contributed by atoms with Gasteiger partial charge in [0.1, 0.15) is 6.17 Å². The van der Waals surface area contributed by atoms with E-state index in [-0.39, 0.29) is 11.8 Å². The molecule has 36 heavy (non-hydrogen) atoms. The number of nitrogens with one attached hydrogen (secondary N) is 2. The molecule has 1 aromatic heterocycles. The molecule has 3 atom stereocenters. The lowest BCUT2D eigenvalue weighted by Gasteiger charge is -2.14. The van der Waals surface area contributed by atoms with Crippen LogP contribution in [0.4, 0.5) is 10.1 Å². The van der Waals surface area contributed by atoms with Gasteiger partial charge in [-0.25, -0.2) is 4.39 Å².